The van der Waals surface area contributed by atoms with Gasteiger partial charge in [-0.15, -0.1) is 5.10 Å². The van der Waals surface area contributed by atoms with Crippen molar-refractivity contribution in [3.63, 3.8) is 0 Å². The second-order valence-corrected chi connectivity index (χ2v) is 7.16. The van der Waals surface area contributed by atoms with Gasteiger partial charge < -0.3 is 5.32 Å². The molecule has 1 rings (SSSR count). The van der Waals surface area contributed by atoms with Gasteiger partial charge in [0.2, 0.25) is 0 Å². The Hall–Kier alpha value is -2.88. The lowest BCUT2D eigenvalue weighted by molar-refractivity contribution is 0.798. The smallest absolute Gasteiger partial charge is 0.0830 e. The summed E-state index contributed by atoms with van der Waals surface area (Å²) in [5, 5.41) is 11.7. The van der Waals surface area contributed by atoms with Crippen molar-refractivity contribution in [3.05, 3.63) is 89.5 Å². The van der Waals surface area contributed by atoms with Gasteiger partial charge in [-0.25, -0.2) is 4.68 Å². The van der Waals surface area contributed by atoms with Crippen molar-refractivity contribution in [2.45, 2.75) is 48.0 Å². The van der Waals surface area contributed by atoms with E-state index in [1.165, 1.54) is 11.1 Å². The SMILES string of the molecule is C=C(/C=C(/C(=C)C)n1nnc(C)c1C)C(=C)NC/C(C)=C/C=C(\C)C(=C)CC. The van der Waals surface area contributed by atoms with Gasteiger partial charge in [-0.1, -0.05) is 61.8 Å². The van der Waals surface area contributed by atoms with Gasteiger partial charge in [0.1, 0.15) is 0 Å². The van der Waals surface area contributed by atoms with E-state index in [1.54, 1.807) is 4.68 Å². The van der Waals surface area contributed by atoms with E-state index in [2.05, 4.69) is 74.9 Å². The largest absolute Gasteiger partial charge is 0.381 e. The maximum absolute atomic E-state index is 4.21. The van der Waals surface area contributed by atoms with Crippen LogP contribution in [0.2, 0.25) is 0 Å². The Labute approximate surface area is 170 Å². The highest BCUT2D eigenvalue weighted by atomic mass is 15.4. The third-order valence-electron chi connectivity index (χ3n) is 4.67. The molecule has 0 aliphatic heterocycles. The fourth-order valence-electron chi connectivity index (χ4n) is 2.33. The Balaban J connectivity index is 2.85. The Bertz CT molecular complexity index is 872. The molecule has 0 aliphatic rings. The Morgan fingerprint density at radius 2 is 1.71 bits per heavy atom. The second-order valence-electron chi connectivity index (χ2n) is 7.16. The molecule has 0 fully saturated rings. The van der Waals surface area contributed by atoms with Gasteiger partial charge in [-0.3, -0.25) is 0 Å². The molecule has 1 aromatic rings. The fourth-order valence-corrected chi connectivity index (χ4v) is 2.33. The third kappa shape index (κ3) is 6.38. The summed E-state index contributed by atoms with van der Waals surface area (Å²) in [6.45, 7) is 29.2. The zero-order valence-electron chi connectivity index (χ0n) is 18.3. The van der Waals surface area contributed by atoms with Crippen molar-refractivity contribution in [2.24, 2.45) is 0 Å². The fraction of sp³-hybridized carbons (Fsp3) is 0.333. The van der Waals surface area contributed by atoms with Gasteiger partial charge in [0, 0.05) is 12.2 Å². The lowest BCUT2D eigenvalue weighted by Crippen LogP contribution is -2.16. The summed E-state index contributed by atoms with van der Waals surface area (Å²) in [7, 11) is 0. The van der Waals surface area contributed by atoms with Crippen LogP contribution in [-0.4, -0.2) is 21.5 Å². The first-order chi connectivity index (χ1) is 13.1. The minimum absolute atomic E-state index is 0.692. The normalized spacial score (nSPS) is 12.7. The minimum atomic E-state index is 0.692. The van der Waals surface area contributed by atoms with Crippen LogP contribution >= 0.6 is 0 Å². The van der Waals surface area contributed by atoms with E-state index in [0.717, 1.165) is 45.9 Å². The maximum Gasteiger partial charge on any atom is 0.0830 e. The van der Waals surface area contributed by atoms with Crippen LogP contribution in [0.15, 0.2) is 78.1 Å². The van der Waals surface area contributed by atoms with Crippen molar-refractivity contribution in [1.29, 1.82) is 0 Å². The van der Waals surface area contributed by atoms with Crippen LogP contribution in [0, 0.1) is 13.8 Å². The van der Waals surface area contributed by atoms with E-state index in [4.69, 9.17) is 0 Å². The van der Waals surface area contributed by atoms with E-state index in [-0.39, 0.29) is 0 Å². The van der Waals surface area contributed by atoms with Crippen LogP contribution in [0.1, 0.15) is 45.5 Å². The van der Waals surface area contributed by atoms with Crippen LogP contribution in [0.25, 0.3) is 5.70 Å². The molecule has 28 heavy (non-hydrogen) atoms. The summed E-state index contributed by atoms with van der Waals surface area (Å²) in [5.41, 5.74) is 8.72. The van der Waals surface area contributed by atoms with Gasteiger partial charge in [-0.05, 0) is 63.8 Å². The molecular weight excluding hydrogens is 344 g/mol. The molecule has 4 nitrogen and oxygen atoms in total. The van der Waals surface area contributed by atoms with Crippen LogP contribution in [-0.2, 0) is 0 Å². The second kappa shape index (κ2) is 10.5. The summed E-state index contributed by atoms with van der Waals surface area (Å²) in [5.74, 6) is 0. The molecule has 0 unspecified atom stereocenters. The number of nitrogens with zero attached hydrogens (tertiary/aromatic N) is 3. The predicted octanol–water partition coefficient (Wildman–Crippen LogP) is 5.83. The Kier molecular flexibility index (Phi) is 8.65. The molecule has 0 radical (unpaired) electrons. The number of nitrogens with one attached hydrogen (secondary N) is 1. The van der Waals surface area contributed by atoms with E-state index in [1.807, 2.05) is 26.8 Å². The number of rotatable bonds is 10. The number of hydrogen-bond donors (Lipinski definition) is 1. The summed E-state index contributed by atoms with van der Waals surface area (Å²) in [4.78, 5) is 0. The van der Waals surface area contributed by atoms with Crippen LogP contribution in [0.5, 0.6) is 0 Å². The minimum Gasteiger partial charge on any atom is -0.381 e. The summed E-state index contributed by atoms with van der Waals surface area (Å²) < 4.78 is 1.79. The topological polar surface area (TPSA) is 42.7 Å². The quantitative estimate of drug-likeness (QED) is 0.521. The van der Waals surface area contributed by atoms with Crippen LogP contribution in [0.4, 0.5) is 0 Å². The molecule has 0 saturated carbocycles. The highest BCUT2D eigenvalue weighted by Crippen LogP contribution is 2.20. The van der Waals surface area contributed by atoms with Crippen LogP contribution in [0.3, 0.4) is 0 Å². The third-order valence-corrected chi connectivity index (χ3v) is 4.67. The number of aryl methyl sites for hydroxylation is 1. The van der Waals surface area contributed by atoms with Gasteiger partial charge in [-0.2, -0.15) is 0 Å². The lowest BCUT2D eigenvalue weighted by Gasteiger charge is -2.13. The van der Waals surface area contributed by atoms with Gasteiger partial charge in [0.05, 0.1) is 17.1 Å². The molecule has 0 spiro atoms. The molecule has 0 aliphatic carbocycles. The first-order valence-corrected chi connectivity index (χ1v) is 9.49. The number of aromatic nitrogens is 3. The number of allylic oxidation sites excluding steroid dienone is 7. The van der Waals surface area contributed by atoms with Crippen molar-refractivity contribution >= 4 is 5.70 Å². The van der Waals surface area contributed by atoms with E-state index in [0.29, 0.717) is 6.54 Å². The maximum atomic E-state index is 4.21. The Morgan fingerprint density at radius 1 is 1.07 bits per heavy atom. The molecule has 1 aromatic heterocycles. The molecule has 0 saturated heterocycles. The molecule has 0 bridgehead atoms. The lowest BCUT2D eigenvalue weighted by atomic mass is 10.1. The highest BCUT2D eigenvalue weighted by Gasteiger charge is 2.11. The molecular formula is C24H34N4. The van der Waals surface area contributed by atoms with Crippen molar-refractivity contribution in [1.82, 2.24) is 20.3 Å². The molecule has 4 heteroatoms. The van der Waals surface area contributed by atoms with E-state index >= 15 is 0 Å². The average Bonchev–Trinajstić information content (AvgIpc) is 2.99. The number of hydrogen-bond acceptors (Lipinski definition) is 3. The first-order valence-electron chi connectivity index (χ1n) is 9.49. The average molecular weight is 379 g/mol. The molecule has 1 N–H and O–H groups in total. The molecule has 1 heterocycles. The molecule has 0 atom stereocenters. The highest BCUT2D eigenvalue weighted by molar-refractivity contribution is 5.67. The Morgan fingerprint density at radius 3 is 2.21 bits per heavy atom. The zero-order chi connectivity index (χ0) is 21.4. The van der Waals surface area contributed by atoms with Crippen molar-refractivity contribution in [3.8, 4) is 0 Å². The van der Waals surface area contributed by atoms with Crippen LogP contribution < -0.4 is 5.32 Å². The summed E-state index contributed by atoms with van der Waals surface area (Å²) >= 11 is 0. The monoisotopic (exact) mass is 378 g/mol. The van der Waals surface area contributed by atoms with E-state index < -0.39 is 0 Å². The zero-order valence-corrected chi connectivity index (χ0v) is 18.3. The van der Waals surface area contributed by atoms with Gasteiger partial charge in [0.15, 0.2) is 0 Å². The molecule has 0 amide bonds. The first kappa shape index (κ1) is 23.2. The van der Waals surface area contributed by atoms with Gasteiger partial charge in [0.25, 0.3) is 0 Å². The summed E-state index contributed by atoms with van der Waals surface area (Å²) in [6.07, 6.45) is 7.12. The standard InChI is InChI=1S/C24H34N4/c1-11-18(5)19(6)13-12-17(4)15-25-21(8)20(7)14-24(16(2)3)28-23(10)22(9)26-27-28/h12-14,25H,2,5,7-8,11,15H2,1,3-4,6,9-10H3/b17-12+,19-13+,24-14-. The van der Waals surface area contributed by atoms with Crippen molar-refractivity contribution in [2.75, 3.05) is 6.54 Å². The van der Waals surface area contributed by atoms with Gasteiger partial charge >= 0.3 is 0 Å². The van der Waals surface area contributed by atoms with Crippen molar-refractivity contribution < 1.29 is 0 Å². The predicted molar refractivity (Wildman–Crippen MR) is 122 cm³/mol. The molecule has 150 valence electrons. The molecule has 0 aromatic carbocycles. The van der Waals surface area contributed by atoms with E-state index in [9.17, 15) is 0 Å². The summed E-state index contributed by atoms with van der Waals surface area (Å²) in [6, 6.07) is 0.